The number of hydrogen-bond donors (Lipinski definition) is 1. The van der Waals surface area contributed by atoms with E-state index in [1.807, 2.05) is 7.05 Å². The molecule has 1 N–H and O–H groups in total. The van der Waals surface area contributed by atoms with Crippen LogP contribution in [0.4, 0.5) is 0 Å². The van der Waals surface area contributed by atoms with E-state index >= 15 is 0 Å². The Labute approximate surface area is 105 Å². The van der Waals surface area contributed by atoms with Gasteiger partial charge in [0.2, 0.25) is 0 Å². The van der Waals surface area contributed by atoms with E-state index in [2.05, 4.69) is 25.7 Å². The second kappa shape index (κ2) is 5.85. The van der Waals surface area contributed by atoms with E-state index in [-0.39, 0.29) is 5.92 Å². The van der Waals surface area contributed by atoms with Crippen LogP contribution in [0.5, 0.6) is 0 Å². The van der Waals surface area contributed by atoms with Crippen LogP contribution in [0.15, 0.2) is 0 Å². The Kier molecular flexibility index (Phi) is 4.99. The monoisotopic (exact) mass is 241 g/mol. The third-order valence-electron chi connectivity index (χ3n) is 4.75. The summed E-state index contributed by atoms with van der Waals surface area (Å²) in [5, 5.41) is 9.73. The summed E-state index contributed by atoms with van der Waals surface area (Å²) in [7, 11) is 2.01. The van der Waals surface area contributed by atoms with Crippen LogP contribution >= 0.6 is 0 Å². The van der Waals surface area contributed by atoms with Crippen molar-refractivity contribution in [3.63, 3.8) is 0 Å². The minimum atomic E-state index is -0.630. The summed E-state index contributed by atoms with van der Waals surface area (Å²) < 4.78 is 0. The van der Waals surface area contributed by atoms with E-state index in [9.17, 15) is 9.90 Å². The molecule has 0 radical (unpaired) electrons. The smallest absolute Gasteiger partial charge is 0.324 e. The normalized spacial score (nSPS) is 29.9. The number of hydrogen-bond acceptors (Lipinski definition) is 2. The average molecular weight is 241 g/mol. The van der Waals surface area contributed by atoms with Gasteiger partial charge in [0.15, 0.2) is 0 Å². The fraction of sp³-hybridized carbons (Fsp3) is 0.929. The molecular weight excluding hydrogens is 214 g/mol. The van der Waals surface area contributed by atoms with Gasteiger partial charge < -0.3 is 5.11 Å². The molecule has 2 atom stereocenters. The molecule has 0 saturated heterocycles. The van der Waals surface area contributed by atoms with Crippen molar-refractivity contribution in [2.75, 3.05) is 7.05 Å². The van der Waals surface area contributed by atoms with Crippen molar-refractivity contribution in [2.24, 2.45) is 5.92 Å². The van der Waals surface area contributed by atoms with E-state index < -0.39 is 11.5 Å². The molecule has 3 heteroatoms. The fourth-order valence-corrected chi connectivity index (χ4v) is 3.48. The summed E-state index contributed by atoms with van der Waals surface area (Å²) in [6, 6.07) is 0.381. The molecule has 1 fully saturated rings. The van der Waals surface area contributed by atoms with Gasteiger partial charge in [-0.15, -0.1) is 0 Å². The first-order valence-electron chi connectivity index (χ1n) is 6.97. The lowest BCUT2D eigenvalue weighted by molar-refractivity contribution is -0.159. The summed E-state index contributed by atoms with van der Waals surface area (Å²) in [6.07, 6.45) is 6.10. The van der Waals surface area contributed by atoms with Gasteiger partial charge in [0.1, 0.15) is 5.54 Å². The topological polar surface area (TPSA) is 40.5 Å². The minimum absolute atomic E-state index is 0.249. The molecule has 0 aromatic carbocycles. The number of nitrogens with zero attached hydrogens (tertiary/aromatic N) is 1. The molecule has 0 bridgehead atoms. The highest BCUT2D eigenvalue weighted by Gasteiger charge is 2.49. The average Bonchev–Trinajstić information content (AvgIpc) is 2.30. The highest BCUT2D eigenvalue weighted by molar-refractivity contribution is 5.79. The van der Waals surface area contributed by atoms with Gasteiger partial charge in [-0.3, -0.25) is 9.69 Å². The van der Waals surface area contributed by atoms with E-state index in [4.69, 9.17) is 0 Å². The van der Waals surface area contributed by atoms with Gasteiger partial charge in [-0.25, -0.2) is 0 Å². The van der Waals surface area contributed by atoms with E-state index in [1.165, 1.54) is 6.42 Å². The Bertz CT molecular complexity index is 263. The molecule has 2 unspecified atom stereocenters. The summed E-state index contributed by atoms with van der Waals surface area (Å²) in [4.78, 5) is 14.0. The first-order chi connectivity index (χ1) is 8.00. The molecule has 1 aliphatic carbocycles. The van der Waals surface area contributed by atoms with Gasteiger partial charge in [-0.1, -0.05) is 33.6 Å². The number of likely N-dealkylation sites (N-methyl/N-ethyl adjacent to an activating group) is 1. The van der Waals surface area contributed by atoms with Crippen molar-refractivity contribution in [2.45, 2.75) is 70.9 Å². The predicted octanol–water partition coefficient (Wildman–Crippen LogP) is 3.14. The number of carboxylic acids is 1. The molecule has 0 amide bonds. The Morgan fingerprint density at radius 1 is 1.41 bits per heavy atom. The zero-order valence-electron chi connectivity index (χ0n) is 11.7. The first kappa shape index (κ1) is 14.5. The van der Waals surface area contributed by atoms with Gasteiger partial charge in [-0.2, -0.15) is 0 Å². The number of carbonyl (C=O) groups is 1. The summed E-state index contributed by atoms with van der Waals surface area (Å²) in [5.41, 5.74) is -0.630. The fourth-order valence-electron chi connectivity index (χ4n) is 3.48. The first-order valence-corrected chi connectivity index (χ1v) is 6.97. The minimum Gasteiger partial charge on any atom is -0.480 e. The van der Waals surface area contributed by atoms with Crippen molar-refractivity contribution >= 4 is 5.97 Å². The van der Waals surface area contributed by atoms with Crippen LogP contribution in [0.25, 0.3) is 0 Å². The maximum absolute atomic E-state index is 11.8. The van der Waals surface area contributed by atoms with Crippen LogP contribution in [0.3, 0.4) is 0 Å². The van der Waals surface area contributed by atoms with Crippen molar-refractivity contribution in [1.29, 1.82) is 0 Å². The molecule has 0 aromatic rings. The van der Waals surface area contributed by atoms with Crippen LogP contribution in [0, 0.1) is 5.92 Å². The number of carboxylic acid groups (broad SMARTS) is 1. The molecule has 1 saturated carbocycles. The molecule has 0 aromatic heterocycles. The standard InChI is InChI=1S/C14H27NO2/c1-5-12(6-2)15(4)14(13(16)17)10-8-7-9-11(14)3/h11-12H,5-10H2,1-4H3,(H,16,17). The van der Waals surface area contributed by atoms with Crippen LogP contribution in [0.2, 0.25) is 0 Å². The lowest BCUT2D eigenvalue weighted by Crippen LogP contribution is -2.61. The Hall–Kier alpha value is -0.570. The quantitative estimate of drug-likeness (QED) is 0.804. The molecular formula is C14H27NO2. The van der Waals surface area contributed by atoms with Crippen LogP contribution in [-0.4, -0.2) is 34.6 Å². The zero-order chi connectivity index (χ0) is 13.1. The molecule has 3 nitrogen and oxygen atoms in total. The Morgan fingerprint density at radius 3 is 2.41 bits per heavy atom. The third kappa shape index (κ3) is 2.49. The van der Waals surface area contributed by atoms with Gasteiger partial charge in [0, 0.05) is 6.04 Å². The third-order valence-corrected chi connectivity index (χ3v) is 4.75. The van der Waals surface area contributed by atoms with Gasteiger partial charge >= 0.3 is 5.97 Å². The maximum Gasteiger partial charge on any atom is 0.324 e. The Morgan fingerprint density at radius 2 is 2.00 bits per heavy atom. The molecule has 17 heavy (non-hydrogen) atoms. The van der Waals surface area contributed by atoms with Crippen LogP contribution in [0.1, 0.15) is 59.3 Å². The molecule has 0 spiro atoms. The van der Waals surface area contributed by atoms with Gasteiger partial charge in [-0.05, 0) is 38.6 Å². The number of aliphatic carboxylic acids is 1. The van der Waals surface area contributed by atoms with Crippen molar-refractivity contribution in [3.8, 4) is 0 Å². The van der Waals surface area contributed by atoms with E-state index in [1.54, 1.807) is 0 Å². The highest BCUT2D eigenvalue weighted by atomic mass is 16.4. The zero-order valence-corrected chi connectivity index (χ0v) is 11.7. The molecule has 1 rings (SSSR count). The number of rotatable bonds is 5. The van der Waals surface area contributed by atoms with Gasteiger partial charge in [0.25, 0.3) is 0 Å². The van der Waals surface area contributed by atoms with E-state index in [0.29, 0.717) is 6.04 Å². The predicted molar refractivity (Wildman–Crippen MR) is 70.1 cm³/mol. The lowest BCUT2D eigenvalue weighted by Gasteiger charge is -2.48. The largest absolute Gasteiger partial charge is 0.480 e. The van der Waals surface area contributed by atoms with Crippen LogP contribution < -0.4 is 0 Å². The second-order valence-electron chi connectivity index (χ2n) is 5.46. The molecule has 100 valence electrons. The summed E-state index contributed by atoms with van der Waals surface area (Å²) >= 11 is 0. The summed E-state index contributed by atoms with van der Waals surface area (Å²) in [6.45, 7) is 6.40. The highest BCUT2D eigenvalue weighted by Crippen LogP contribution is 2.39. The molecule has 0 aliphatic heterocycles. The van der Waals surface area contributed by atoms with Crippen molar-refractivity contribution < 1.29 is 9.90 Å². The lowest BCUT2D eigenvalue weighted by atomic mass is 9.72. The van der Waals surface area contributed by atoms with Crippen molar-refractivity contribution in [1.82, 2.24) is 4.90 Å². The Balaban J connectivity index is 3.01. The maximum atomic E-state index is 11.8. The van der Waals surface area contributed by atoms with Gasteiger partial charge in [0.05, 0.1) is 0 Å². The van der Waals surface area contributed by atoms with Crippen LogP contribution in [-0.2, 0) is 4.79 Å². The summed E-state index contributed by atoms with van der Waals surface area (Å²) in [5.74, 6) is -0.376. The molecule has 1 aliphatic rings. The molecule has 0 heterocycles. The van der Waals surface area contributed by atoms with Crippen molar-refractivity contribution in [3.05, 3.63) is 0 Å². The SMILES string of the molecule is CCC(CC)N(C)C1(C(=O)O)CCCCC1C. The van der Waals surface area contributed by atoms with E-state index in [0.717, 1.165) is 32.1 Å². The second-order valence-corrected chi connectivity index (χ2v) is 5.46.